The number of carboxylic acid groups (broad SMARTS) is 3. The van der Waals surface area contributed by atoms with Crippen LogP contribution in [0.3, 0.4) is 0 Å². The van der Waals surface area contributed by atoms with Gasteiger partial charge in [-0.25, -0.2) is 24.0 Å². The number of rotatable bonds is 40. The van der Waals surface area contributed by atoms with Gasteiger partial charge in [-0.1, -0.05) is 168 Å². The molecule has 0 saturated carbocycles. The van der Waals surface area contributed by atoms with E-state index >= 15 is 0 Å². The Balaban J connectivity index is 0.000000255. The van der Waals surface area contributed by atoms with E-state index in [1.54, 1.807) is 72.8 Å². The first-order valence-corrected chi connectivity index (χ1v) is 54.6. The topological polar surface area (TPSA) is 490 Å². The maximum Gasteiger partial charge on any atom is 0.337 e. The summed E-state index contributed by atoms with van der Waals surface area (Å²) < 4.78 is 6.85. The summed E-state index contributed by atoms with van der Waals surface area (Å²) in [6.07, 6.45) is 43.6. The van der Waals surface area contributed by atoms with Gasteiger partial charge in [0, 0.05) is 47.1 Å². The third-order valence-electron chi connectivity index (χ3n) is 26.5. The van der Waals surface area contributed by atoms with Gasteiger partial charge in [-0.2, -0.15) is 0 Å². The Bertz CT molecular complexity index is 4660. The van der Waals surface area contributed by atoms with Crippen LogP contribution in [0.1, 0.15) is 274 Å². The summed E-state index contributed by atoms with van der Waals surface area (Å²) in [6.45, 7) is 49.9. The van der Waals surface area contributed by atoms with Crippen molar-refractivity contribution in [1.82, 2.24) is 66.2 Å². The van der Waals surface area contributed by atoms with Crippen molar-refractivity contribution in [2.24, 2.45) is 5.73 Å². The number of carbonyl (C=O) groups excluding carboxylic acids is 14. The molecule has 0 aromatic carbocycles. The van der Waals surface area contributed by atoms with Crippen molar-refractivity contribution in [1.29, 1.82) is 0 Å². The van der Waals surface area contributed by atoms with Crippen molar-refractivity contribution in [2.45, 2.75) is 429 Å². The summed E-state index contributed by atoms with van der Waals surface area (Å²) in [5.74, 6) is -6.51. The molecule has 14 aliphatic rings. The molecule has 0 unspecified atom stereocenters. The summed E-state index contributed by atoms with van der Waals surface area (Å²) >= 11 is 11.0. The monoisotopic (exact) mass is 2110 g/mol. The van der Waals surface area contributed by atoms with Gasteiger partial charge in [-0.05, 0) is 154 Å². The number of ether oxygens (including phenoxy) is 2. The molecule has 36 nitrogen and oxygen atoms in total. The van der Waals surface area contributed by atoms with E-state index in [1.807, 2.05) is 89.0 Å². The lowest BCUT2D eigenvalue weighted by Gasteiger charge is -2.44. The third-order valence-corrected chi connectivity index (χ3v) is 37.5. The number of thioether (sulfide) groups is 7. The van der Waals surface area contributed by atoms with Gasteiger partial charge in [0.2, 0.25) is 60.6 Å². The van der Waals surface area contributed by atoms with E-state index < -0.39 is 114 Å². The molecule has 0 aromatic heterocycles. The molecule has 14 aliphatic heterocycles. The molecule has 14 fully saturated rings. The highest BCUT2D eigenvalue weighted by Gasteiger charge is 2.70. The van der Waals surface area contributed by atoms with E-state index in [-0.39, 0.29) is 132 Å². The van der Waals surface area contributed by atoms with Gasteiger partial charge in [-0.3, -0.25) is 57.5 Å². The number of amides is 10. The Morgan fingerprint density at radius 1 is 0.345 bits per heavy atom. The fraction of sp³-hybridized carbons (Fsp3) is 0.697. The number of carboxylic acids is 3. The van der Waals surface area contributed by atoms with Crippen LogP contribution in [0.15, 0.2) is 81.0 Å². The number of nitrogens with one attached hydrogen (secondary N) is 6. The van der Waals surface area contributed by atoms with Gasteiger partial charge >= 0.3 is 41.8 Å². The van der Waals surface area contributed by atoms with Crippen molar-refractivity contribution in [3.8, 4) is 0 Å². The lowest BCUT2D eigenvalue weighted by molar-refractivity contribution is -0.170. The fourth-order valence-electron chi connectivity index (χ4n) is 19.5. The minimum atomic E-state index is -1.00. The fourth-order valence-corrected chi connectivity index (χ4v) is 30.9. The molecule has 0 aromatic rings. The molecule has 0 radical (unpaired) electrons. The SMILES string of the molecule is C.C=C=C.C=C[C@@H]1N2C(=O)[C@@H](N/C=C/CCCCCCCC)[C@H]2SC1(C)C.C=C[C@@H]1N2C(=O)[C@@H](NC=O)[C@H]2SC1(C)C.CC(=O)OC(=O)[C@@H]1N2C(=O)[C@@H](NC=O)[C@H]2SC1(C)C.CC1(C)S[C@@H]2[C@H](N)C(=O)N2[C@H]1C(=O)O.CC1(C)S[C@@H]2[C@H](NC=O)C(=O)N2[C@H]1C(=O)O.CCCCCCCC/C=C/N[C@@H]1C(=O)N2[C@@H]1SC(C)(C)[C@@H]2C(=O)O.CCCCCCCC/C=C/N[C@@H]1C(=O)N2[C@@H]1SC(C)(C)[C@@H]2C(=O)OC(C)=O. The average Bonchev–Trinajstić information content (AvgIpc) is 1.54. The number of hydrogen-bond donors (Lipinski definition) is 10. The summed E-state index contributed by atoms with van der Waals surface area (Å²) in [6, 6.07) is -6.38. The van der Waals surface area contributed by atoms with Crippen LogP contribution < -0.4 is 37.6 Å². The summed E-state index contributed by atoms with van der Waals surface area (Å²) in [4.78, 5) is 206. The second-order valence-corrected chi connectivity index (χ2v) is 52.5. The number of carbonyl (C=O) groups is 17. The van der Waals surface area contributed by atoms with E-state index in [1.165, 1.54) is 171 Å². The predicted octanol–water partition coefficient (Wildman–Crippen LogP) is 11.1. The molecule has 0 aliphatic carbocycles. The zero-order valence-electron chi connectivity index (χ0n) is 84.8. The number of nitrogens with two attached hydrogens (primary N) is 1. The first-order valence-electron chi connectivity index (χ1n) is 48.5. The Hall–Kier alpha value is -8.58. The lowest BCUT2D eigenvalue weighted by atomic mass is 9.96. The highest BCUT2D eigenvalue weighted by atomic mass is 32.2. The predicted molar refractivity (Wildman–Crippen MR) is 560 cm³/mol. The van der Waals surface area contributed by atoms with Crippen molar-refractivity contribution < 1.29 is 106 Å². The van der Waals surface area contributed by atoms with Gasteiger partial charge in [0.15, 0.2) is 0 Å². The molecule has 794 valence electrons. The summed E-state index contributed by atoms with van der Waals surface area (Å²) in [5.41, 5.74) is 7.84. The van der Waals surface area contributed by atoms with Crippen LogP contribution in [-0.4, -0.2) is 307 Å². The van der Waals surface area contributed by atoms with Crippen LogP contribution in [-0.2, 0) is 91.0 Å². The zero-order chi connectivity index (χ0) is 106. The maximum atomic E-state index is 12.5. The molecule has 11 N–H and O–H groups in total. The van der Waals surface area contributed by atoms with Crippen LogP contribution in [0.5, 0.6) is 0 Å². The first kappa shape index (κ1) is 122. The highest BCUT2D eigenvalue weighted by Crippen LogP contribution is 2.57. The molecule has 21 atom stereocenters. The normalized spacial score (nSPS) is 30.3. The van der Waals surface area contributed by atoms with Crippen molar-refractivity contribution >= 4 is 185 Å². The Morgan fingerprint density at radius 3 is 0.789 bits per heavy atom. The molecular weight excluding hydrogens is 1960 g/mol. The Labute approximate surface area is 867 Å². The first-order chi connectivity index (χ1) is 66.2. The van der Waals surface area contributed by atoms with Crippen LogP contribution in [0.25, 0.3) is 0 Å². The smallest absolute Gasteiger partial charge is 0.337 e. The molecule has 142 heavy (non-hydrogen) atoms. The number of esters is 4. The molecule has 0 bridgehead atoms. The second kappa shape index (κ2) is 53.2. The molecule has 43 heteroatoms. The molecule has 14 rings (SSSR count). The molecule has 14 saturated heterocycles. The average molecular weight is 2120 g/mol. The second-order valence-electron chi connectivity index (χ2n) is 40.1. The quantitative estimate of drug-likeness (QED) is 0.00518. The number of unbranched alkanes of at least 4 members (excludes halogenated alkanes) is 18. The van der Waals surface area contributed by atoms with Crippen LogP contribution in [0.4, 0.5) is 0 Å². The van der Waals surface area contributed by atoms with E-state index in [0.717, 1.165) is 32.6 Å². The van der Waals surface area contributed by atoms with Crippen molar-refractivity contribution in [3.63, 3.8) is 0 Å². The molecule has 10 amide bonds. The van der Waals surface area contributed by atoms with Gasteiger partial charge in [-0.15, -0.1) is 101 Å². The number of hydrogen-bond acceptors (Lipinski definition) is 30. The number of allylic oxidation sites excluding steroid dienone is 3. The van der Waals surface area contributed by atoms with Crippen LogP contribution in [0, 0.1) is 0 Å². The molecular formula is C99H154N14O22S7. The van der Waals surface area contributed by atoms with Gasteiger partial charge < -0.3 is 96.7 Å². The maximum absolute atomic E-state index is 12.5. The standard InChI is InChI=1S/C20H32N2O4S.C19H32N2OS.C18H30N2O3S.C11H14N2O5S.C10H14N2O2S.C9H12N2O4S.C8H12N2O3S.C3H4.CH4/c1-5-6-7-8-9-10-11-12-13-21-15-17(24)22-16(19(25)26-14(2)23)20(3,4)27-18(15)22;1-5-7-8-9-10-11-12-13-14-20-16-17(22)21-15(6-2)19(3,4)23-18(16)21;1-4-5-6-7-8-9-10-11-12-19-13-15(21)20-14(17(22)23)18(2,3)24-16(13)20;1-5(15)18-10(17)7-11(2,3)19-9-6(12-4-14)8(16)13(7)9;1-4-6-10(2,3)15-9-7(11-5-13)8(14)12(6)9;1-9(2)5(8(14)15)11-6(13)4(10-3-12)7(11)16-9;1-8(2)4(7(12)13)10-5(11)3(9)6(10)14-8;1-3-2;/h12-13,15-16,18,21H,5-11H2,1-4H3;6,13-16,18,20H,2,5,7-12H2,1,3-4H3;11-14,16,19H,4-10H2,1-3H3,(H,22,23);4,6-7,9H,1-3H3,(H,12,14);4-7,9H,1H2,2-3H3,(H,11,13);3-5,7H,1-2H3,(H,10,12)(H,14,15);3-4,6H,9H2,1-2H3,(H,12,13);1-2H2;1H4/b13-12+;14-13+;12-11+;;;;;;/t15-,16+,18-;15-,16+,18+;13-,14+,16-;6-,7+,9-;6-,7+,9+;4-,5+,7-;3-,4+,6-;;/m1011011../s1. The number of nitrogens with zero attached hydrogens (tertiary/aromatic N) is 7. The van der Waals surface area contributed by atoms with E-state index in [2.05, 4.69) is 135 Å². The van der Waals surface area contributed by atoms with E-state index in [0.29, 0.717) is 19.2 Å². The zero-order valence-corrected chi connectivity index (χ0v) is 90.5. The van der Waals surface area contributed by atoms with E-state index in [9.17, 15) is 86.6 Å². The Morgan fingerprint density at radius 2 is 0.549 bits per heavy atom. The number of fused-ring (bicyclic) bond motifs is 7. The highest BCUT2D eigenvalue weighted by molar-refractivity contribution is 8.03. The lowest BCUT2D eigenvalue weighted by Crippen LogP contribution is -2.69. The minimum absolute atomic E-state index is 0. The third kappa shape index (κ3) is 28.0. The minimum Gasteiger partial charge on any atom is -0.480 e. The van der Waals surface area contributed by atoms with Gasteiger partial charge in [0.25, 0.3) is 0 Å². The van der Waals surface area contributed by atoms with Crippen molar-refractivity contribution in [3.05, 3.63) is 81.0 Å². The molecule has 14 heterocycles. The largest absolute Gasteiger partial charge is 0.480 e. The van der Waals surface area contributed by atoms with Crippen LogP contribution in [0.2, 0.25) is 0 Å². The van der Waals surface area contributed by atoms with Crippen molar-refractivity contribution in [2.75, 3.05) is 0 Å². The van der Waals surface area contributed by atoms with E-state index in [4.69, 9.17) is 20.7 Å². The van der Waals surface area contributed by atoms with Crippen LogP contribution >= 0.6 is 82.3 Å². The number of β-lactam (4-membered cyclic amide) rings is 7. The summed E-state index contributed by atoms with van der Waals surface area (Å²) in [5, 5.41) is 44.0. The molecule has 0 spiro atoms. The van der Waals surface area contributed by atoms with Gasteiger partial charge in [0.05, 0.1) is 12.1 Å². The Kier molecular flexibility index (Phi) is 45.7. The van der Waals surface area contributed by atoms with Gasteiger partial charge in [0.1, 0.15) is 110 Å². The number of aliphatic carboxylic acids is 3. The summed E-state index contributed by atoms with van der Waals surface area (Å²) in [7, 11) is 0.